The molecule has 8 nitrogen and oxygen atoms in total. The minimum absolute atomic E-state index is 0.0683. The van der Waals surface area contributed by atoms with Crippen molar-refractivity contribution in [1.82, 2.24) is 5.32 Å². The van der Waals surface area contributed by atoms with Crippen LogP contribution in [0.3, 0.4) is 0 Å². The Labute approximate surface area is 256 Å². The van der Waals surface area contributed by atoms with Crippen molar-refractivity contribution in [3.8, 4) is 16.9 Å². The number of benzene rings is 4. The van der Waals surface area contributed by atoms with E-state index in [-0.39, 0.29) is 30.0 Å². The smallest absolute Gasteiger partial charge is 0.419 e. The number of hydrogen-bond donors (Lipinski definition) is 1. The van der Waals surface area contributed by atoms with Gasteiger partial charge in [-0.15, -0.1) is 0 Å². The number of alkyl halides is 3. The highest BCUT2D eigenvalue weighted by atomic mass is 32.2. The van der Waals surface area contributed by atoms with Gasteiger partial charge in [-0.25, -0.2) is 17.6 Å². The third-order valence-corrected chi connectivity index (χ3v) is 9.02. The van der Waals surface area contributed by atoms with Gasteiger partial charge in [0.05, 0.1) is 35.4 Å². The second-order valence-electron chi connectivity index (χ2n) is 10.0. The van der Waals surface area contributed by atoms with Gasteiger partial charge in [0.15, 0.2) is 0 Å². The zero-order valence-corrected chi connectivity index (χ0v) is 24.5. The van der Waals surface area contributed by atoms with Gasteiger partial charge in [0.25, 0.3) is 10.0 Å². The molecular formula is C32H26F4N2O6S. The Morgan fingerprint density at radius 1 is 0.933 bits per heavy atom. The highest BCUT2D eigenvalue weighted by molar-refractivity contribution is 7.93. The Bertz CT molecular complexity index is 1830. The Kier molecular flexibility index (Phi) is 8.82. The normalized spacial score (nSPS) is 14.5. The van der Waals surface area contributed by atoms with Gasteiger partial charge in [0.1, 0.15) is 24.2 Å². The molecule has 0 spiro atoms. The number of rotatable bonds is 9. The van der Waals surface area contributed by atoms with Crippen LogP contribution in [0.1, 0.15) is 21.5 Å². The quantitative estimate of drug-likeness (QED) is 0.145. The Morgan fingerprint density at radius 2 is 1.58 bits per heavy atom. The molecule has 1 aliphatic heterocycles. The van der Waals surface area contributed by atoms with Crippen LogP contribution in [0, 0.1) is 5.82 Å². The van der Waals surface area contributed by atoms with E-state index < -0.39 is 51.2 Å². The number of sulfonamides is 1. The largest absolute Gasteiger partial charge is 0.491 e. The second kappa shape index (κ2) is 12.6. The van der Waals surface area contributed by atoms with Gasteiger partial charge in [-0.05, 0) is 65.2 Å². The van der Waals surface area contributed by atoms with Crippen LogP contribution in [0.2, 0.25) is 0 Å². The van der Waals surface area contributed by atoms with Gasteiger partial charge >= 0.3 is 12.1 Å². The molecule has 4 aromatic carbocycles. The average molecular weight is 643 g/mol. The summed E-state index contributed by atoms with van der Waals surface area (Å²) in [7, 11) is -3.20. The highest BCUT2D eigenvalue weighted by Gasteiger charge is 2.42. The molecule has 13 heteroatoms. The first-order valence-corrected chi connectivity index (χ1v) is 15.0. The number of nitrogens with zero attached hydrogens (tertiary/aromatic N) is 1. The maximum absolute atomic E-state index is 13.9. The summed E-state index contributed by atoms with van der Waals surface area (Å²) in [5, 5.41) is 2.56. The molecule has 1 amide bonds. The number of nitrogens with one attached hydrogen (secondary N) is 1. The van der Waals surface area contributed by atoms with Crippen LogP contribution in [0.15, 0.2) is 95.9 Å². The molecule has 0 saturated heterocycles. The molecule has 1 aliphatic rings. The fourth-order valence-corrected chi connectivity index (χ4v) is 6.65. The number of fused-ring (bicyclic) bond motifs is 1. The van der Waals surface area contributed by atoms with Crippen LogP contribution in [0.4, 0.5) is 23.2 Å². The van der Waals surface area contributed by atoms with E-state index in [4.69, 9.17) is 4.74 Å². The molecule has 0 aliphatic carbocycles. The van der Waals surface area contributed by atoms with E-state index in [9.17, 15) is 35.6 Å². The molecule has 0 fully saturated rings. The molecule has 4 aromatic rings. The number of carbonyl (C=O) groups is 2. The molecule has 0 radical (unpaired) electrons. The molecule has 1 heterocycles. The van der Waals surface area contributed by atoms with Crippen molar-refractivity contribution in [3.63, 3.8) is 0 Å². The molecule has 234 valence electrons. The summed E-state index contributed by atoms with van der Waals surface area (Å²) < 4.78 is 92.7. The molecule has 0 saturated carbocycles. The van der Waals surface area contributed by atoms with Gasteiger partial charge in [-0.3, -0.25) is 9.10 Å². The number of carbonyl (C=O) groups excluding carboxylic acids is 2. The van der Waals surface area contributed by atoms with Gasteiger partial charge < -0.3 is 14.8 Å². The number of amides is 1. The topological polar surface area (TPSA) is 102 Å². The fourth-order valence-electron chi connectivity index (χ4n) is 5.00. The van der Waals surface area contributed by atoms with Gasteiger partial charge in [0.2, 0.25) is 5.91 Å². The monoisotopic (exact) mass is 642 g/mol. The first-order chi connectivity index (χ1) is 21.4. The second-order valence-corrected chi connectivity index (χ2v) is 11.8. The van der Waals surface area contributed by atoms with Crippen molar-refractivity contribution >= 4 is 27.6 Å². The van der Waals surface area contributed by atoms with Crippen LogP contribution in [0.25, 0.3) is 11.1 Å². The third kappa shape index (κ3) is 6.63. The van der Waals surface area contributed by atoms with Crippen LogP contribution in [-0.2, 0) is 32.2 Å². The Hall–Kier alpha value is -4.91. The SMILES string of the molecule is COC(=O)c1ccc(OCCNC(=O)[C@@H]2Cc3ccccc3N2S(=O)(=O)c2ccc(-c3ccc(F)cc3)cc2)c(C(F)(F)F)c1. The van der Waals surface area contributed by atoms with Crippen LogP contribution < -0.4 is 14.4 Å². The zero-order valence-electron chi connectivity index (χ0n) is 23.7. The lowest BCUT2D eigenvalue weighted by Crippen LogP contribution is -2.48. The number of esters is 1. The summed E-state index contributed by atoms with van der Waals surface area (Å²) in [6.07, 6.45) is -4.76. The number of ether oxygens (including phenoxy) is 2. The molecule has 0 bridgehead atoms. The van der Waals surface area contributed by atoms with Crippen LogP contribution >= 0.6 is 0 Å². The van der Waals surface area contributed by atoms with Crippen LogP contribution in [-0.4, -0.2) is 46.6 Å². The van der Waals surface area contributed by atoms with Gasteiger partial charge in [-0.1, -0.05) is 42.5 Å². The summed E-state index contributed by atoms with van der Waals surface area (Å²) in [5.74, 6) is -2.56. The predicted octanol–water partition coefficient (Wildman–Crippen LogP) is 5.61. The highest BCUT2D eigenvalue weighted by Crippen LogP contribution is 2.38. The number of anilines is 1. The maximum Gasteiger partial charge on any atom is 0.419 e. The Morgan fingerprint density at radius 3 is 2.22 bits per heavy atom. The summed E-state index contributed by atoms with van der Waals surface area (Å²) in [5.41, 5.74) is 0.813. The van der Waals surface area contributed by atoms with E-state index in [1.807, 2.05) is 0 Å². The zero-order chi connectivity index (χ0) is 32.4. The lowest BCUT2D eigenvalue weighted by Gasteiger charge is -2.26. The van der Waals surface area contributed by atoms with Gasteiger partial charge in [-0.2, -0.15) is 13.2 Å². The van der Waals surface area contributed by atoms with Crippen molar-refractivity contribution in [2.45, 2.75) is 23.5 Å². The van der Waals surface area contributed by atoms with Crippen molar-refractivity contribution in [2.24, 2.45) is 0 Å². The molecular weight excluding hydrogens is 616 g/mol. The third-order valence-electron chi connectivity index (χ3n) is 7.18. The molecule has 1 atom stereocenters. The van der Waals surface area contributed by atoms with E-state index in [0.717, 1.165) is 23.5 Å². The van der Waals surface area contributed by atoms with Gasteiger partial charge in [0, 0.05) is 6.42 Å². The number of halogens is 4. The molecule has 45 heavy (non-hydrogen) atoms. The summed E-state index contributed by atoms with van der Waals surface area (Å²) in [6.45, 7) is -0.606. The summed E-state index contributed by atoms with van der Waals surface area (Å²) in [6, 6.07) is 19.9. The summed E-state index contributed by atoms with van der Waals surface area (Å²) in [4.78, 5) is 24.9. The van der Waals surface area contributed by atoms with Crippen LogP contribution in [0.5, 0.6) is 5.75 Å². The van der Waals surface area contributed by atoms with E-state index in [1.54, 1.807) is 48.5 Å². The number of hydrogen-bond acceptors (Lipinski definition) is 6. The molecule has 0 aromatic heterocycles. The minimum Gasteiger partial charge on any atom is -0.491 e. The van der Waals surface area contributed by atoms with E-state index in [2.05, 4.69) is 10.1 Å². The Balaban J connectivity index is 1.31. The summed E-state index contributed by atoms with van der Waals surface area (Å²) >= 11 is 0. The van der Waals surface area contributed by atoms with E-state index in [0.29, 0.717) is 28.4 Å². The van der Waals surface area contributed by atoms with Crippen molar-refractivity contribution in [2.75, 3.05) is 24.6 Å². The molecule has 1 N–H and O–H groups in total. The van der Waals surface area contributed by atoms with Crippen molar-refractivity contribution in [3.05, 3.63) is 114 Å². The first-order valence-electron chi connectivity index (χ1n) is 13.6. The van der Waals surface area contributed by atoms with E-state index in [1.165, 1.54) is 24.3 Å². The van der Waals surface area contributed by atoms with Crippen molar-refractivity contribution in [1.29, 1.82) is 0 Å². The van der Waals surface area contributed by atoms with E-state index >= 15 is 0 Å². The molecule has 5 rings (SSSR count). The standard InChI is InChI=1S/C32H26F4N2O6S/c1-43-31(40)23-10-15-29(26(18-23)32(34,35)36)44-17-16-37-30(39)28-19-22-4-2-3-5-27(22)38(28)45(41,42)25-13-8-21(9-14-25)20-6-11-24(33)12-7-20/h2-15,18,28H,16-17,19H2,1H3,(H,37,39)/t28-/m0/s1. The fraction of sp³-hybridized carbons (Fsp3) is 0.188. The average Bonchev–Trinajstić information content (AvgIpc) is 3.43. The lowest BCUT2D eigenvalue weighted by atomic mass is 10.1. The molecule has 0 unspecified atom stereocenters. The predicted molar refractivity (Wildman–Crippen MR) is 157 cm³/mol. The minimum atomic E-state index is -4.83. The number of para-hydroxylation sites is 1. The number of methoxy groups -OCH3 is 1. The van der Waals surface area contributed by atoms with Crippen molar-refractivity contribution < 1.29 is 45.0 Å². The maximum atomic E-state index is 13.9. The lowest BCUT2D eigenvalue weighted by molar-refractivity contribution is -0.139. The first kappa shape index (κ1) is 31.5.